The molecule has 1 N–H and O–H groups in total. The minimum absolute atomic E-state index is 0. The van der Waals surface area contributed by atoms with Gasteiger partial charge in [0.1, 0.15) is 11.5 Å². The number of β-lactam (4-membered cyclic amide) rings is 1. The zero-order chi connectivity index (χ0) is 12.9. The fourth-order valence-corrected chi connectivity index (χ4v) is 2.79. The largest absolute Gasteiger partial charge is 1.00 e. The van der Waals surface area contributed by atoms with Crippen LogP contribution in [-0.4, -0.2) is 41.1 Å². The molecular weight excluding hydrogens is 265 g/mol. The molecule has 0 saturated carbocycles. The molecule has 0 radical (unpaired) electrons. The van der Waals surface area contributed by atoms with Crippen molar-refractivity contribution in [1.82, 2.24) is 4.90 Å². The average molecular weight is 279 g/mol. The summed E-state index contributed by atoms with van der Waals surface area (Å²) >= 11 is 0. The number of carbonyl (C=O) groups excluding carboxylic acids is 2. The van der Waals surface area contributed by atoms with Crippen LogP contribution in [0.3, 0.4) is 0 Å². The van der Waals surface area contributed by atoms with Crippen LogP contribution in [0.5, 0.6) is 0 Å². The van der Waals surface area contributed by atoms with Gasteiger partial charge in [-0.3, -0.25) is 4.79 Å². The van der Waals surface area contributed by atoms with Gasteiger partial charge in [0.25, 0.3) is 0 Å². The first-order chi connectivity index (χ1) is 7.91. The van der Waals surface area contributed by atoms with E-state index in [-0.39, 0.29) is 80.7 Å². The second kappa shape index (κ2) is 5.60. The maximum absolute atomic E-state index is 11.8. The van der Waals surface area contributed by atoms with Crippen LogP contribution >= 0.6 is 0 Å². The first-order valence-corrected chi connectivity index (χ1v) is 5.42. The topological polar surface area (TPSA) is 89.9 Å². The number of carboxylic acids is 1. The normalized spacial score (nSPS) is 31.4. The second-order valence-corrected chi connectivity index (χ2v) is 4.46. The average Bonchev–Trinajstić information content (AvgIpc) is 2.47. The zero-order valence-electron chi connectivity index (χ0n) is 10.8. The molecule has 0 spiro atoms. The van der Waals surface area contributed by atoms with Crippen molar-refractivity contribution in [3.63, 3.8) is 0 Å². The number of aliphatic hydroxyl groups excluding tert-OH is 1. The van der Waals surface area contributed by atoms with Crippen LogP contribution in [0.2, 0.25) is 0 Å². The summed E-state index contributed by atoms with van der Waals surface area (Å²) in [6, 6.07) is -0.342. The number of aliphatic hydroxyl groups is 1. The van der Waals surface area contributed by atoms with Gasteiger partial charge in [0.2, 0.25) is 5.91 Å². The van der Waals surface area contributed by atoms with E-state index in [4.69, 9.17) is 4.74 Å². The van der Waals surface area contributed by atoms with E-state index >= 15 is 0 Å². The standard InChI is InChI=1S/C11H15NO5.K/c1-4-7-6(5(2)13)10(14)12(7)8(11(15)16)9(4)17-3;/h4-7,13H,1-3H3,(H,15,16);/q;+1/p-1/t4-,5+,6+,7?;/m0./s1. The quantitative estimate of drug-likeness (QED) is 0.415. The van der Waals surface area contributed by atoms with E-state index in [1.165, 1.54) is 14.0 Å². The molecule has 1 amide bonds. The number of hydrogen-bond donors (Lipinski definition) is 1. The molecule has 0 aliphatic carbocycles. The van der Waals surface area contributed by atoms with Crippen LogP contribution in [0.4, 0.5) is 0 Å². The molecule has 2 rings (SSSR count). The summed E-state index contributed by atoms with van der Waals surface area (Å²) in [6.07, 6.45) is -0.801. The molecule has 2 aliphatic heterocycles. The van der Waals surface area contributed by atoms with E-state index in [9.17, 15) is 19.8 Å². The van der Waals surface area contributed by atoms with Crippen LogP contribution in [0.25, 0.3) is 0 Å². The number of carboxylic acid groups (broad SMARTS) is 1. The molecule has 1 fully saturated rings. The molecule has 0 aromatic rings. The summed E-state index contributed by atoms with van der Waals surface area (Å²) in [7, 11) is 1.36. The number of fused-ring (bicyclic) bond motifs is 1. The number of rotatable bonds is 3. The van der Waals surface area contributed by atoms with Gasteiger partial charge < -0.3 is 24.6 Å². The van der Waals surface area contributed by atoms with E-state index in [0.717, 1.165) is 4.90 Å². The maximum Gasteiger partial charge on any atom is 1.00 e. The summed E-state index contributed by atoms with van der Waals surface area (Å²) < 4.78 is 5.04. The predicted octanol–water partition coefficient (Wildman–Crippen LogP) is -4.54. The van der Waals surface area contributed by atoms with E-state index in [2.05, 4.69) is 0 Å². The third-order valence-electron chi connectivity index (χ3n) is 3.52. The second-order valence-electron chi connectivity index (χ2n) is 4.46. The van der Waals surface area contributed by atoms with Gasteiger partial charge in [0, 0.05) is 5.92 Å². The number of aliphatic carboxylic acids is 1. The zero-order valence-corrected chi connectivity index (χ0v) is 14.0. The third-order valence-corrected chi connectivity index (χ3v) is 3.52. The van der Waals surface area contributed by atoms with Crippen molar-refractivity contribution >= 4 is 11.9 Å². The molecule has 7 heteroatoms. The SMILES string of the molecule is COC1=C(C(=O)[O-])N2C(=O)[C@H]([C@@H](C)O)C2[C@@H]1C.[K+]. The van der Waals surface area contributed by atoms with Gasteiger partial charge in [-0.05, 0) is 6.92 Å². The molecule has 94 valence electrons. The van der Waals surface area contributed by atoms with Crippen molar-refractivity contribution in [2.24, 2.45) is 11.8 Å². The summed E-state index contributed by atoms with van der Waals surface area (Å²) in [6.45, 7) is 3.30. The Balaban J connectivity index is 0.00000162. The van der Waals surface area contributed by atoms with Crippen LogP contribution in [0.15, 0.2) is 11.5 Å². The van der Waals surface area contributed by atoms with Gasteiger partial charge in [-0.25, -0.2) is 0 Å². The smallest absolute Gasteiger partial charge is 0.543 e. The Labute approximate surface area is 147 Å². The summed E-state index contributed by atoms with van der Waals surface area (Å²) in [5.41, 5.74) is -0.202. The monoisotopic (exact) mass is 279 g/mol. The molecule has 2 heterocycles. The van der Waals surface area contributed by atoms with Gasteiger partial charge in [-0.2, -0.15) is 0 Å². The summed E-state index contributed by atoms with van der Waals surface area (Å²) in [4.78, 5) is 24.0. The maximum atomic E-state index is 11.8. The molecular formula is C11H14KNO5. The fraction of sp³-hybridized carbons (Fsp3) is 0.636. The van der Waals surface area contributed by atoms with Gasteiger partial charge >= 0.3 is 51.4 Å². The van der Waals surface area contributed by atoms with Crippen molar-refractivity contribution in [2.75, 3.05) is 7.11 Å². The van der Waals surface area contributed by atoms with Gasteiger partial charge in [-0.15, -0.1) is 0 Å². The number of hydrogen-bond acceptors (Lipinski definition) is 5. The number of carbonyl (C=O) groups is 2. The Hall–Kier alpha value is 0.0764. The van der Waals surface area contributed by atoms with Crippen molar-refractivity contribution in [3.8, 4) is 0 Å². The van der Waals surface area contributed by atoms with Crippen molar-refractivity contribution in [3.05, 3.63) is 11.5 Å². The van der Waals surface area contributed by atoms with Crippen LogP contribution in [0, 0.1) is 11.8 Å². The number of amides is 1. The molecule has 1 saturated heterocycles. The molecule has 6 nitrogen and oxygen atoms in total. The van der Waals surface area contributed by atoms with Crippen LogP contribution in [0.1, 0.15) is 13.8 Å². The first kappa shape index (κ1) is 16.1. The Morgan fingerprint density at radius 3 is 2.50 bits per heavy atom. The molecule has 4 atom stereocenters. The molecule has 0 bridgehead atoms. The van der Waals surface area contributed by atoms with E-state index in [0.29, 0.717) is 0 Å². The molecule has 18 heavy (non-hydrogen) atoms. The van der Waals surface area contributed by atoms with Crippen molar-refractivity contribution in [1.29, 1.82) is 0 Å². The third kappa shape index (κ3) is 2.06. The first-order valence-electron chi connectivity index (χ1n) is 5.42. The van der Waals surface area contributed by atoms with Gasteiger partial charge in [0.05, 0.1) is 31.1 Å². The van der Waals surface area contributed by atoms with Gasteiger partial charge in [0.15, 0.2) is 0 Å². The number of ether oxygens (including phenoxy) is 1. The van der Waals surface area contributed by atoms with Crippen LogP contribution < -0.4 is 56.5 Å². The Morgan fingerprint density at radius 1 is 1.56 bits per heavy atom. The van der Waals surface area contributed by atoms with Crippen molar-refractivity contribution in [2.45, 2.75) is 26.0 Å². The fourth-order valence-electron chi connectivity index (χ4n) is 2.79. The Bertz CT molecular complexity index is 420. The van der Waals surface area contributed by atoms with Gasteiger partial charge in [-0.1, -0.05) is 6.92 Å². The van der Waals surface area contributed by atoms with E-state index in [1.54, 1.807) is 6.92 Å². The number of methoxy groups -OCH3 is 1. The minimum Gasteiger partial charge on any atom is -0.543 e. The Morgan fingerprint density at radius 2 is 2.11 bits per heavy atom. The summed E-state index contributed by atoms with van der Waals surface area (Å²) in [5, 5.41) is 20.5. The van der Waals surface area contributed by atoms with E-state index in [1.807, 2.05) is 0 Å². The molecule has 1 unspecified atom stereocenters. The minimum atomic E-state index is -1.42. The predicted molar refractivity (Wildman–Crippen MR) is 54.0 cm³/mol. The van der Waals surface area contributed by atoms with Crippen molar-refractivity contribution < 1.29 is 75.9 Å². The summed E-state index contributed by atoms with van der Waals surface area (Å²) in [5.74, 6) is -2.37. The molecule has 2 aliphatic rings. The molecule has 0 aromatic carbocycles. The Kier molecular flexibility index (Phi) is 5.02. The number of nitrogens with zero attached hydrogens (tertiary/aromatic N) is 1. The van der Waals surface area contributed by atoms with Crippen LogP contribution in [-0.2, 0) is 14.3 Å². The molecule has 0 aromatic heterocycles. The van der Waals surface area contributed by atoms with E-state index < -0.39 is 18.0 Å².